The number of fused-ring (bicyclic) bond motifs is 9. The first-order valence-electron chi connectivity index (χ1n) is 9.40. The fourth-order valence-electron chi connectivity index (χ4n) is 4.91. The van der Waals surface area contributed by atoms with Crippen molar-refractivity contribution in [3.8, 4) is 11.1 Å². The second kappa shape index (κ2) is 4.98. The Morgan fingerprint density at radius 1 is 0.692 bits per heavy atom. The minimum Gasteiger partial charge on any atom is -0.340 e. The standard InChI is InChI=1S/C25H19N/c1-2-26-22-10-6-5-9-20(22)21-14-13-18-15-17-12-11-16-7-3-4-8-19(16)23(17)24(18)25(21)26/h3-14H,2,15H2,1H3. The molecule has 0 aliphatic heterocycles. The molecule has 1 heteroatoms. The molecule has 0 radical (unpaired) electrons. The van der Waals surface area contributed by atoms with E-state index in [9.17, 15) is 0 Å². The van der Waals surface area contributed by atoms with Gasteiger partial charge in [0.25, 0.3) is 0 Å². The summed E-state index contributed by atoms with van der Waals surface area (Å²) in [6, 6.07) is 26.9. The van der Waals surface area contributed by atoms with E-state index in [0.29, 0.717) is 0 Å². The van der Waals surface area contributed by atoms with Gasteiger partial charge in [0.05, 0.1) is 5.52 Å². The fraction of sp³-hybridized carbons (Fsp3) is 0.120. The summed E-state index contributed by atoms with van der Waals surface area (Å²) in [6.07, 6.45) is 1.04. The van der Waals surface area contributed by atoms with Crippen molar-refractivity contribution in [2.45, 2.75) is 19.9 Å². The molecule has 5 aromatic rings. The van der Waals surface area contributed by atoms with E-state index >= 15 is 0 Å². The third-order valence-corrected chi connectivity index (χ3v) is 5.98. The van der Waals surface area contributed by atoms with Crippen LogP contribution >= 0.6 is 0 Å². The normalized spacial score (nSPS) is 12.8. The summed E-state index contributed by atoms with van der Waals surface area (Å²) in [5.41, 5.74) is 8.56. The van der Waals surface area contributed by atoms with Gasteiger partial charge in [-0.3, -0.25) is 0 Å². The van der Waals surface area contributed by atoms with Crippen LogP contribution < -0.4 is 0 Å². The Balaban J connectivity index is 1.87. The Kier molecular flexibility index (Phi) is 2.71. The quantitative estimate of drug-likeness (QED) is 0.322. The molecule has 0 amide bonds. The number of hydrogen-bond donors (Lipinski definition) is 0. The molecule has 0 saturated carbocycles. The molecule has 0 N–H and O–H groups in total. The lowest BCUT2D eigenvalue weighted by Gasteiger charge is -2.11. The first-order valence-corrected chi connectivity index (χ1v) is 9.40. The molecule has 1 nitrogen and oxygen atoms in total. The molecule has 1 aliphatic carbocycles. The molecule has 1 aromatic heterocycles. The maximum atomic E-state index is 2.50. The molecule has 0 bridgehead atoms. The number of hydrogen-bond acceptors (Lipinski definition) is 0. The van der Waals surface area contributed by atoms with Gasteiger partial charge < -0.3 is 4.57 Å². The van der Waals surface area contributed by atoms with E-state index in [-0.39, 0.29) is 0 Å². The number of aryl methyl sites for hydroxylation is 1. The molecule has 0 unspecified atom stereocenters. The van der Waals surface area contributed by atoms with Gasteiger partial charge in [-0.2, -0.15) is 0 Å². The van der Waals surface area contributed by atoms with Gasteiger partial charge in [-0.25, -0.2) is 0 Å². The topological polar surface area (TPSA) is 4.93 Å². The van der Waals surface area contributed by atoms with E-state index in [2.05, 4.69) is 84.3 Å². The Bertz CT molecular complexity index is 1340. The molecule has 0 atom stereocenters. The highest BCUT2D eigenvalue weighted by atomic mass is 15.0. The monoisotopic (exact) mass is 333 g/mol. The summed E-state index contributed by atoms with van der Waals surface area (Å²) in [4.78, 5) is 0. The Labute approximate surface area is 152 Å². The zero-order valence-corrected chi connectivity index (χ0v) is 14.8. The van der Waals surface area contributed by atoms with Crippen molar-refractivity contribution in [2.75, 3.05) is 0 Å². The largest absolute Gasteiger partial charge is 0.340 e. The van der Waals surface area contributed by atoms with Gasteiger partial charge in [0, 0.05) is 28.4 Å². The Morgan fingerprint density at radius 2 is 1.42 bits per heavy atom. The first kappa shape index (κ1) is 14.1. The van der Waals surface area contributed by atoms with Crippen LogP contribution in [0.2, 0.25) is 0 Å². The second-order valence-electron chi connectivity index (χ2n) is 7.25. The summed E-state index contributed by atoms with van der Waals surface area (Å²) in [5, 5.41) is 5.45. The smallest absolute Gasteiger partial charge is 0.0574 e. The zero-order chi connectivity index (χ0) is 17.3. The van der Waals surface area contributed by atoms with E-state index in [1.165, 1.54) is 54.8 Å². The Hall–Kier alpha value is -3.06. The SMILES string of the molecule is CCn1c2ccccc2c2ccc3c(c21)-c1c(ccc2ccccc12)C3. The van der Waals surface area contributed by atoms with Crippen LogP contribution in [0.3, 0.4) is 0 Å². The van der Waals surface area contributed by atoms with Crippen molar-refractivity contribution in [1.82, 2.24) is 4.57 Å². The van der Waals surface area contributed by atoms with Crippen molar-refractivity contribution in [2.24, 2.45) is 0 Å². The summed E-state index contributed by atoms with van der Waals surface area (Å²) in [5.74, 6) is 0. The van der Waals surface area contributed by atoms with Crippen molar-refractivity contribution in [3.05, 3.63) is 83.9 Å². The molecule has 0 saturated heterocycles. The summed E-state index contributed by atoms with van der Waals surface area (Å²) in [6.45, 7) is 3.24. The van der Waals surface area contributed by atoms with Crippen LogP contribution in [0.4, 0.5) is 0 Å². The summed E-state index contributed by atoms with van der Waals surface area (Å²) in [7, 11) is 0. The second-order valence-corrected chi connectivity index (χ2v) is 7.25. The summed E-state index contributed by atoms with van der Waals surface area (Å²) >= 11 is 0. The number of para-hydroxylation sites is 1. The third-order valence-electron chi connectivity index (χ3n) is 5.98. The van der Waals surface area contributed by atoms with Gasteiger partial charge in [0.2, 0.25) is 0 Å². The Morgan fingerprint density at radius 3 is 2.31 bits per heavy atom. The molecule has 6 rings (SSSR count). The van der Waals surface area contributed by atoms with E-state index < -0.39 is 0 Å². The van der Waals surface area contributed by atoms with E-state index in [4.69, 9.17) is 0 Å². The van der Waals surface area contributed by atoms with E-state index in [1.54, 1.807) is 0 Å². The number of rotatable bonds is 1. The van der Waals surface area contributed by atoms with Crippen LogP contribution in [0.15, 0.2) is 72.8 Å². The lowest BCUT2D eigenvalue weighted by molar-refractivity contribution is 0.827. The average Bonchev–Trinajstić information content (AvgIpc) is 3.23. The first-order chi connectivity index (χ1) is 12.9. The maximum absolute atomic E-state index is 2.50. The molecule has 26 heavy (non-hydrogen) atoms. The van der Waals surface area contributed by atoms with Crippen molar-refractivity contribution in [3.63, 3.8) is 0 Å². The lowest BCUT2D eigenvalue weighted by atomic mass is 9.96. The molecule has 124 valence electrons. The molecular weight excluding hydrogens is 314 g/mol. The van der Waals surface area contributed by atoms with Crippen LogP contribution in [0, 0.1) is 0 Å². The van der Waals surface area contributed by atoms with Gasteiger partial charge in [-0.05, 0) is 46.9 Å². The minimum absolute atomic E-state index is 0.987. The average molecular weight is 333 g/mol. The van der Waals surface area contributed by atoms with Crippen molar-refractivity contribution in [1.29, 1.82) is 0 Å². The predicted molar refractivity (Wildman–Crippen MR) is 111 cm³/mol. The zero-order valence-electron chi connectivity index (χ0n) is 14.8. The van der Waals surface area contributed by atoms with Gasteiger partial charge in [0.1, 0.15) is 0 Å². The number of nitrogens with zero attached hydrogens (tertiary/aromatic N) is 1. The van der Waals surface area contributed by atoms with Crippen molar-refractivity contribution < 1.29 is 0 Å². The molecule has 4 aromatic carbocycles. The maximum Gasteiger partial charge on any atom is 0.0574 e. The number of aromatic nitrogens is 1. The highest BCUT2D eigenvalue weighted by Gasteiger charge is 2.25. The van der Waals surface area contributed by atoms with Crippen LogP contribution in [0.5, 0.6) is 0 Å². The van der Waals surface area contributed by atoms with Crippen LogP contribution in [0.25, 0.3) is 43.7 Å². The highest BCUT2D eigenvalue weighted by molar-refractivity contribution is 6.17. The molecule has 1 heterocycles. The van der Waals surface area contributed by atoms with Crippen LogP contribution in [-0.4, -0.2) is 4.57 Å². The minimum atomic E-state index is 0.987. The van der Waals surface area contributed by atoms with Gasteiger partial charge >= 0.3 is 0 Å². The van der Waals surface area contributed by atoms with E-state index in [1.807, 2.05) is 0 Å². The predicted octanol–water partition coefficient (Wildman–Crippen LogP) is 6.54. The lowest BCUT2D eigenvalue weighted by Crippen LogP contribution is -1.95. The highest BCUT2D eigenvalue weighted by Crippen LogP contribution is 2.47. The fourth-order valence-corrected chi connectivity index (χ4v) is 4.91. The van der Waals surface area contributed by atoms with Gasteiger partial charge in [-0.15, -0.1) is 0 Å². The summed E-state index contributed by atoms with van der Waals surface area (Å²) < 4.78 is 2.50. The number of benzene rings is 4. The third kappa shape index (κ3) is 1.65. The van der Waals surface area contributed by atoms with Crippen LogP contribution in [0.1, 0.15) is 18.1 Å². The molecule has 0 spiro atoms. The van der Waals surface area contributed by atoms with E-state index in [0.717, 1.165) is 13.0 Å². The van der Waals surface area contributed by atoms with Gasteiger partial charge in [-0.1, -0.05) is 66.7 Å². The molecular formula is C25H19N. The van der Waals surface area contributed by atoms with Crippen molar-refractivity contribution >= 4 is 32.6 Å². The molecule has 1 aliphatic rings. The van der Waals surface area contributed by atoms with Gasteiger partial charge in [0.15, 0.2) is 0 Å². The molecule has 0 fully saturated rings. The van der Waals surface area contributed by atoms with Crippen LogP contribution in [-0.2, 0) is 13.0 Å².